The third-order valence-electron chi connectivity index (χ3n) is 3.57. The number of aliphatic hydroxyl groups is 1. The normalized spacial score (nSPS) is 24.1. The van der Waals surface area contributed by atoms with Crippen LogP contribution in [0.3, 0.4) is 0 Å². The molecule has 80 valence electrons. The van der Waals surface area contributed by atoms with Crippen molar-refractivity contribution >= 4 is 0 Å². The van der Waals surface area contributed by atoms with E-state index in [4.69, 9.17) is 0 Å². The number of nitrogens with zero attached hydrogens (tertiary/aromatic N) is 1. The minimum atomic E-state index is -0.422. The van der Waals surface area contributed by atoms with Crippen molar-refractivity contribution in [1.82, 2.24) is 0 Å². The molecule has 14 heavy (non-hydrogen) atoms. The second-order valence-electron chi connectivity index (χ2n) is 4.69. The summed E-state index contributed by atoms with van der Waals surface area (Å²) in [5.41, 5.74) is -0.422. The van der Waals surface area contributed by atoms with Crippen LogP contribution in [-0.4, -0.2) is 11.2 Å². The van der Waals surface area contributed by atoms with Crippen LogP contribution in [0.15, 0.2) is 0 Å². The Morgan fingerprint density at radius 1 is 1.43 bits per heavy atom. The van der Waals surface area contributed by atoms with Crippen molar-refractivity contribution in [2.24, 2.45) is 11.3 Å². The maximum Gasteiger partial charge on any atom is 0.0834 e. The maximum atomic E-state index is 10.2. The zero-order valence-corrected chi connectivity index (χ0v) is 9.29. The van der Waals surface area contributed by atoms with Crippen molar-refractivity contribution in [3.05, 3.63) is 0 Å². The quantitative estimate of drug-likeness (QED) is 0.749. The molecular weight excluding hydrogens is 174 g/mol. The second-order valence-corrected chi connectivity index (χ2v) is 4.69. The largest absolute Gasteiger partial charge is 0.391 e. The van der Waals surface area contributed by atoms with E-state index in [9.17, 15) is 10.4 Å². The Bertz CT molecular complexity index is 213. The summed E-state index contributed by atoms with van der Waals surface area (Å²) >= 11 is 0. The molecule has 0 radical (unpaired) electrons. The van der Waals surface area contributed by atoms with Gasteiger partial charge in [-0.25, -0.2) is 0 Å². The second kappa shape index (κ2) is 4.79. The summed E-state index contributed by atoms with van der Waals surface area (Å²) in [7, 11) is 0. The molecule has 0 amide bonds. The predicted octanol–water partition coefficient (Wildman–Crippen LogP) is 2.87. The van der Waals surface area contributed by atoms with Crippen LogP contribution in [0.1, 0.15) is 52.4 Å². The van der Waals surface area contributed by atoms with E-state index in [-0.39, 0.29) is 5.92 Å². The van der Waals surface area contributed by atoms with Crippen molar-refractivity contribution in [1.29, 1.82) is 5.26 Å². The van der Waals surface area contributed by atoms with Gasteiger partial charge >= 0.3 is 0 Å². The van der Waals surface area contributed by atoms with E-state index in [2.05, 4.69) is 19.9 Å². The molecule has 0 aliphatic heterocycles. The Balaban J connectivity index is 2.65. The van der Waals surface area contributed by atoms with E-state index in [1.807, 2.05) is 0 Å². The average Bonchev–Trinajstić information content (AvgIpc) is 2.66. The highest BCUT2D eigenvalue weighted by atomic mass is 16.3. The Morgan fingerprint density at radius 3 is 2.43 bits per heavy atom. The Kier molecular flexibility index (Phi) is 3.95. The molecule has 0 aromatic heterocycles. The molecule has 0 heterocycles. The molecule has 0 aromatic carbocycles. The van der Waals surface area contributed by atoms with Gasteiger partial charge in [0, 0.05) is 0 Å². The molecule has 0 saturated heterocycles. The third-order valence-corrected chi connectivity index (χ3v) is 3.57. The van der Waals surface area contributed by atoms with Gasteiger partial charge in [0.25, 0.3) is 0 Å². The van der Waals surface area contributed by atoms with Gasteiger partial charge in [0.2, 0.25) is 0 Å². The van der Waals surface area contributed by atoms with Crippen molar-refractivity contribution in [2.45, 2.75) is 58.5 Å². The SMILES string of the molecule is CCCC(C)C(O)C1(C#N)CCCC1. The summed E-state index contributed by atoms with van der Waals surface area (Å²) in [6.45, 7) is 4.18. The Labute approximate surface area is 86.9 Å². The molecule has 2 atom stereocenters. The average molecular weight is 195 g/mol. The summed E-state index contributed by atoms with van der Waals surface area (Å²) in [6, 6.07) is 2.37. The van der Waals surface area contributed by atoms with Gasteiger partial charge in [-0.1, -0.05) is 33.1 Å². The molecular formula is C12H21NO. The van der Waals surface area contributed by atoms with E-state index in [0.717, 1.165) is 38.5 Å². The number of hydrogen-bond donors (Lipinski definition) is 1. The minimum absolute atomic E-state index is 0.262. The standard InChI is InChI=1S/C12H21NO/c1-3-6-10(2)11(14)12(9-13)7-4-5-8-12/h10-11,14H,3-8H2,1-2H3. The van der Waals surface area contributed by atoms with E-state index >= 15 is 0 Å². The molecule has 0 bridgehead atoms. The molecule has 0 spiro atoms. The number of hydrogen-bond acceptors (Lipinski definition) is 2. The van der Waals surface area contributed by atoms with Crippen molar-refractivity contribution in [3.63, 3.8) is 0 Å². The lowest BCUT2D eigenvalue weighted by molar-refractivity contribution is 0.0191. The van der Waals surface area contributed by atoms with Gasteiger partial charge in [0.15, 0.2) is 0 Å². The number of aliphatic hydroxyl groups excluding tert-OH is 1. The van der Waals surface area contributed by atoms with Crippen LogP contribution < -0.4 is 0 Å². The van der Waals surface area contributed by atoms with Gasteiger partial charge in [0.1, 0.15) is 0 Å². The molecule has 2 unspecified atom stereocenters. The zero-order chi connectivity index (χ0) is 10.6. The van der Waals surface area contributed by atoms with E-state index in [1.165, 1.54) is 0 Å². The topological polar surface area (TPSA) is 44.0 Å². The lowest BCUT2D eigenvalue weighted by Crippen LogP contribution is -2.36. The van der Waals surface area contributed by atoms with Gasteiger partial charge in [-0.2, -0.15) is 5.26 Å². The van der Waals surface area contributed by atoms with Crippen LogP contribution in [0.5, 0.6) is 0 Å². The first-order chi connectivity index (χ1) is 6.66. The van der Waals surface area contributed by atoms with Gasteiger partial charge in [0.05, 0.1) is 17.6 Å². The third kappa shape index (κ3) is 2.09. The van der Waals surface area contributed by atoms with E-state index in [1.54, 1.807) is 0 Å². The van der Waals surface area contributed by atoms with E-state index < -0.39 is 11.5 Å². The summed E-state index contributed by atoms with van der Waals surface area (Å²) in [5, 5.41) is 19.4. The van der Waals surface area contributed by atoms with Gasteiger partial charge in [-0.3, -0.25) is 0 Å². The Morgan fingerprint density at radius 2 is 2.00 bits per heavy atom. The van der Waals surface area contributed by atoms with E-state index in [0.29, 0.717) is 0 Å². The molecule has 2 heteroatoms. The first-order valence-electron chi connectivity index (χ1n) is 5.75. The minimum Gasteiger partial charge on any atom is -0.391 e. The molecule has 1 rings (SSSR count). The highest BCUT2D eigenvalue weighted by molar-refractivity contribution is 5.07. The fourth-order valence-corrected chi connectivity index (χ4v) is 2.64. The van der Waals surface area contributed by atoms with Crippen LogP contribution in [0.2, 0.25) is 0 Å². The zero-order valence-electron chi connectivity index (χ0n) is 9.29. The summed E-state index contributed by atoms with van der Waals surface area (Å²) in [6.07, 6.45) is 5.66. The van der Waals surface area contributed by atoms with Gasteiger partial charge in [-0.05, 0) is 25.2 Å². The highest BCUT2D eigenvalue weighted by Crippen LogP contribution is 2.43. The van der Waals surface area contributed by atoms with Crippen LogP contribution >= 0.6 is 0 Å². The van der Waals surface area contributed by atoms with Crippen molar-refractivity contribution in [3.8, 4) is 6.07 Å². The first kappa shape index (κ1) is 11.5. The summed E-state index contributed by atoms with van der Waals surface area (Å²) in [4.78, 5) is 0. The smallest absolute Gasteiger partial charge is 0.0834 e. The van der Waals surface area contributed by atoms with Gasteiger partial charge < -0.3 is 5.11 Å². The summed E-state index contributed by atoms with van der Waals surface area (Å²) in [5.74, 6) is 0.262. The molecule has 0 aromatic rings. The molecule has 1 N–H and O–H groups in total. The van der Waals surface area contributed by atoms with Gasteiger partial charge in [-0.15, -0.1) is 0 Å². The lowest BCUT2D eigenvalue weighted by Gasteiger charge is -2.31. The molecule has 1 saturated carbocycles. The van der Waals surface area contributed by atoms with Crippen LogP contribution in [0.25, 0.3) is 0 Å². The number of rotatable bonds is 4. The van der Waals surface area contributed by atoms with Crippen LogP contribution in [0, 0.1) is 22.7 Å². The lowest BCUT2D eigenvalue weighted by atomic mass is 9.75. The number of nitriles is 1. The Hall–Kier alpha value is -0.550. The molecule has 1 aliphatic carbocycles. The van der Waals surface area contributed by atoms with Crippen molar-refractivity contribution < 1.29 is 5.11 Å². The molecule has 1 fully saturated rings. The summed E-state index contributed by atoms with van der Waals surface area (Å²) < 4.78 is 0. The molecule has 2 nitrogen and oxygen atoms in total. The molecule has 1 aliphatic rings. The monoisotopic (exact) mass is 195 g/mol. The highest BCUT2D eigenvalue weighted by Gasteiger charge is 2.42. The van der Waals surface area contributed by atoms with Crippen LogP contribution in [-0.2, 0) is 0 Å². The van der Waals surface area contributed by atoms with Crippen LogP contribution in [0.4, 0.5) is 0 Å². The fourth-order valence-electron chi connectivity index (χ4n) is 2.64. The predicted molar refractivity (Wildman–Crippen MR) is 56.6 cm³/mol. The van der Waals surface area contributed by atoms with Crippen molar-refractivity contribution in [2.75, 3.05) is 0 Å². The first-order valence-corrected chi connectivity index (χ1v) is 5.75. The maximum absolute atomic E-state index is 10.2. The fraction of sp³-hybridized carbons (Fsp3) is 0.917.